The van der Waals surface area contributed by atoms with Gasteiger partial charge in [0.25, 0.3) is 0 Å². The van der Waals surface area contributed by atoms with Gasteiger partial charge in [-0.2, -0.15) is 0 Å². The quantitative estimate of drug-likeness (QED) is 0.404. The first-order valence-corrected chi connectivity index (χ1v) is 8.66. The molecule has 0 aromatic rings. The van der Waals surface area contributed by atoms with Crippen LogP contribution in [-0.2, 0) is 4.74 Å². The molecule has 0 aromatic carbocycles. The number of nitrogens with zero attached hydrogens (tertiary/aromatic N) is 2. The maximum atomic E-state index is 5.41. The topological polar surface area (TPSA) is 48.9 Å². The Morgan fingerprint density at radius 1 is 1.23 bits per heavy atom. The Labute approximate surface area is 152 Å². The van der Waals surface area contributed by atoms with Crippen molar-refractivity contribution in [3.05, 3.63) is 0 Å². The van der Waals surface area contributed by atoms with Gasteiger partial charge in [-0.05, 0) is 26.7 Å². The van der Waals surface area contributed by atoms with Crippen molar-refractivity contribution in [3.63, 3.8) is 0 Å². The molecule has 0 amide bonds. The van der Waals surface area contributed by atoms with Crippen LogP contribution < -0.4 is 10.6 Å². The smallest absolute Gasteiger partial charge is 0.191 e. The number of halogens is 1. The summed E-state index contributed by atoms with van der Waals surface area (Å²) in [5.74, 6) is 0.990. The average Bonchev–Trinajstić information content (AvgIpc) is 2.54. The first kappa shape index (κ1) is 20.0. The molecule has 1 unspecified atom stereocenters. The van der Waals surface area contributed by atoms with E-state index in [2.05, 4.69) is 29.4 Å². The van der Waals surface area contributed by atoms with Crippen LogP contribution in [0.5, 0.6) is 0 Å². The highest BCUT2D eigenvalue weighted by Crippen LogP contribution is 2.17. The molecule has 1 saturated carbocycles. The van der Waals surface area contributed by atoms with E-state index in [1.165, 1.54) is 32.1 Å². The second-order valence-electron chi connectivity index (χ2n) is 6.20. The molecule has 1 saturated heterocycles. The van der Waals surface area contributed by atoms with Crippen molar-refractivity contribution in [1.82, 2.24) is 15.5 Å². The monoisotopic (exact) mass is 424 g/mol. The summed E-state index contributed by atoms with van der Waals surface area (Å²) in [7, 11) is 0. The van der Waals surface area contributed by atoms with Crippen molar-refractivity contribution in [2.24, 2.45) is 4.99 Å². The van der Waals surface area contributed by atoms with Gasteiger partial charge in [0.1, 0.15) is 0 Å². The van der Waals surface area contributed by atoms with E-state index in [1.807, 2.05) is 0 Å². The molecule has 1 aliphatic carbocycles. The van der Waals surface area contributed by atoms with E-state index in [0.29, 0.717) is 12.1 Å². The van der Waals surface area contributed by atoms with Gasteiger partial charge < -0.3 is 15.4 Å². The van der Waals surface area contributed by atoms with E-state index < -0.39 is 0 Å². The fourth-order valence-electron chi connectivity index (χ4n) is 3.12. The first-order valence-electron chi connectivity index (χ1n) is 8.66. The highest BCUT2D eigenvalue weighted by Gasteiger charge is 2.18. The third-order valence-electron chi connectivity index (χ3n) is 4.47. The highest BCUT2D eigenvalue weighted by atomic mass is 127. The first-order chi connectivity index (χ1) is 10.3. The number of rotatable bonds is 5. The Morgan fingerprint density at radius 2 is 1.91 bits per heavy atom. The van der Waals surface area contributed by atoms with Crippen LogP contribution in [-0.4, -0.2) is 62.3 Å². The molecule has 1 aliphatic heterocycles. The summed E-state index contributed by atoms with van der Waals surface area (Å²) in [6, 6.07) is 1.09. The fraction of sp³-hybridized carbons (Fsp3) is 0.938. The minimum absolute atomic E-state index is 0. The number of ether oxygens (including phenoxy) is 1. The molecule has 0 spiro atoms. The molecule has 0 radical (unpaired) electrons. The average molecular weight is 424 g/mol. The molecule has 6 heteroatoms. The predicted octanol–water partition coefficient (Wildman–Crippen LogP) is 2.21. The molecular weight excluding hydrogens is 391 g/mol. The molecule has 0 aromatic heterocycles. The minimum Gasteiger partial charge on any atom is -0.379 e. The van der Waals surface area contributed by atoms with E-state index >= 15 is 0 Å². The van der Waals surface area contributed by atoms with E-state index in [4.69, 9.17) is 9.73 Å². The van der Waals surface area contributed by atoms with Crippen molar-refractivity contribution in [2.75, 3.05) is 39.4 Å². The van der Waals surface area contributed by atoms with E-state index in [-0.39, 0.29) is 24.0 Å². The lowest BCUT2D eigenvalue weighted by atomic mass is 9.96. The van der Waals surface area contributed by atoms with Gasteiger partial charge in [-0.25, -0.2) is 0 Å². The predicted molar refractivity (Wildman–Crippen MR) is 103 cm³/mol. The van der Waals surface area contributed by atoms with Gasteiger partial charge in [0.2, 0.25) is 0 Å². The number of nitrogens with one attached hydrogen (secondary N) is 2. The number of morpholine rings is 1. The van der Waals surface area contributed by atoms with E-state index in [0.717, 1.165) is 45.4 Å². The number of guanidine groups is 1. The fourth-order valence-corrected chi connectivity index (χ4v) is 3.12. The molecule has 2 aliphatic rings. The Balaban J connectivity index is 0.00000242. The van der Waals surface area contributed by atoms with Crippen LogP contribution in [0.3, 0.4) is 0 Å². The normalized spacial score (nSPS) is 22.7. The molecular formula is C16H33IN4O. The van der Waals surface area contributed by atoms with Gasteiger partial charge in [0.15, 0.2) is 5.96 Å². The summed E-state index contributed by atoms with van der Waals surface area (Å²) < 4.78 is 5.41. The molecule has 2 fully saturated rings. The summed E-state index contributed by atoms with van der Waals surface area (Å²) in [5, 5.41) is 6.99. The molecule has 1 atom stereocenters. The number of hydrogen-bond acceptors (Lipinski definition) is 3. The van der Waals surface area contributed by atoms with E-state index in [1.54, 1.807) is 0 Å². The van der Waals surface area contributed by atoms with Crippen LogP contribution in [0.25, 0.3) is 0 Å². The Kier molecular flexibility index (Phi) is 10.4. The van der Waals surface area contributed by atoms with Crippen molar-refractivity contribution < 1.29 is 4.74 Å². The van der Waals surface area contributed by atoms with E-state index in [9.17, 15) is 0 Å². The van der Waals surface area contributed by atoms with Gasteiger partial charge in [-0.1, -0.05) is 19.3 Å². The Bertz CT molecular complexity index is 315. The van der Waals surface area contributed by atoms with Gasteiger partial charge in [0, 0.05) is 31.7 Å². The third kappa shape index (κ3) is 7.00. The van der Waals surface area contributed by atoms with Gasteiger partial charge in [-0.3, -0.25) is 9.89 Å². The van der Waals surface area contributed by atoms with Crippen molar-refractivity contribution >= 4 is 29.9 Å². The maximum absolute atomic E-state index is 5.41. The molecule has 2 N–H and O–H groups in total. The van der Waals surface area contributed by atoms with Crippen LogP contribution in [0, 0.1) is 0 Å². The van der Waals surface area contributed by atoms with Crippen molar-refractivity contribution in [1.29, 1.82) is 0 Å². The van der Waals surface area contributed by atoms with Crippen LogP contribution in [0.4, 0.5) is 0 Å². The summed E-state index contributed by atoms with van der Waals surface area (Å²) in [4.78, 5) is 7.26. The lowest BCUT2D eigenvalue weighted by Gasteiger charge is -2.31. The van der Waals surface area contributed by atoms with Crippen molar-refractivity contribution in [2.45, 2.75) is 58.0 Å². The number of hydrogen-bond donors (Lipinski definition) is 2. The standard InChI is InChI=1S/C16H32N4O.HI/c1-3-17-16(19-15-7-5-4-6-8-15)18-13-14(2)20-9-11-21-12-10-20;/h14-15H,3-13H2,1-2H3,(H2,17,18,19);1H. The van der Waals surface area contributed by atoms with Crippen molar-refractivity contribution in [3.8, 4) is 0 Å². The van der Waals surface area contributed by atoms with Crippen LogP contribution >= 0.6 is 24.0 Å². The maximum Gasteiger partial charge on any atom is 0.191 e. The van der Waals surface area contributed by atoms with Crippen LogP contribution in [0.2, 0.25) is 0 Å². The second-order valence-corrected chi connectivity index (χ2v) is 6.20. The van der Waals surface area contributed by atoms with Gasteiger partial charge in [-0.15, -0.1) is 24.0 Å². The highest BCUT2D eigenvalue weighted by molar-refractivity contribution is 14.0. The largest absolute Gasteiger partial charge is 0.379 e. The minimum atomic E-state index is 0. The van der Waals surface area contributed by atoms with Crippen LogP contribution in [0.1, 0.15) is 46.0 Å². The molecule has 2 rings (SSSR count). The molecule has 22 heavy (non-hydrogen) atoms. The molecule has 0 bridgehead atoms. The zero-order valence-electron chi connectivity index (χ0n) is 14.1. The Hall–Kier alpha value is -0.0800. The van der Waals surface area contributed by atoms with Gasteiger partial charge in [0.05, 0.1) is 19.8 Å². The Morgan fingerprint density at radius 3 is 2.55 bits per heavy atom. The molecule has 1 heterocycles. The molecule has 130 valence electrons. The summed E-state index contributed by atoms with van der Waals surface area (Å²) in [6.07, 6.45) is 6.65. The lowest BCUT2D eigenvalue weighted by Crippen LogP contribution is -2.46. The summed E-state index contributed by atoms with van der Waals surface area (Å²) in [6.45, 7) is 9.93. The van der Waals surface area contributed by atoms with Gasteiger partial charge >= 0.3 is 0 Å². The second kappa shape index (κ2) is 11.5. The third-order valence-corrected chi connectivity index (χ3v) is 4.47. The summed E-state index contributed by atoms with van der Waals surface area (Å²) >= 11 is 0. The lowest BCUT2D eigenvalue weighted by molar-refractivity contribution is 0.0220. The SMILES string of the molecule is CCNC(=NCC(C)N1CCOCC1)NC1CCCCC1.I. The zero-order valence-corrected chi connectivity index (χ0v) is 16.5. The van der Waals surface area contributed by atoms with Crippen LogP contribution in [0.15, 0.2) is 4.99 Å². The zero-order chi connectivity index (χ0) is 14.9. The number of aliphatic imine (C=N–C) groups is 1. The summed E-state index contributed by atoms with van der Waals surface area (Å²) in [5.41, 5.74) is 0. The molecule has 5 nitrogen and oxygen atoms in total.